The minimum Gasteiger partial charge on any atom is -0.484 e. The molecule has 2 fully saturated rings. The SMILES string of the molecule is CC1(C)OB(C2CC23CNc2ccccc2O3)OC1(C)C. The highest BCUT2D eigenvalue weighted by atomic mass is 16.7. The average molecular weight is 287 g/mol. The fourth-order valence-corrected chi connectivity index (χ4v) is 3.23. The van der Waals surface area contributed by atoms with Gasteiger partial charge in [-0.05, 0) is 46.2 Å². The third-order valence-corrected chi connectivity index (χ3v) is 5.46. The van der Waals surface area contributed by atoms with E-state index in [4.69, 9.17) is 14.0 Å². The van der Waals surface area contributed by atoms with Gasteiger partial charge in [0.1, 0.15) is 11.4 Å². The maximum absolute atomic E-state index is 6.27. The Morgan fingerprint density at radius 1 is 1.10 bits per heavy atom. The van der Waals surface area contributed by atoms with Crippen molar-refractivity contribution in [1.82, 2.24) is 0 Å². The predicted molar refractivity (Wildman–Crippen MR) is 82.7 cm³/mol. The summed E-state index contributed by atoms with van der Waals surface area (Å²) in [5, 5.41) is 3.47. The van der Waals surface area contributed by atoms with E-state index < -0.39 is 0 Å². The maximum Gasteiger partial charge on any atom is 0.465 e. The van der Waals surface area contributed by atoms with Crippen LogP contribution in [-0.2, 0) is 9.31 Å². The summed E-state index contributed by atoms with van der Waals surface area (Å²) in [6.45, 7) is 9.20. The van der Waals surface area contributed by atoms with Crippen LogP contribution in [0.2, 0.25) is 5.82 Å². The van der Waals surface area contributed by atoms with E-state index >= 15 is 0 Å². The highest BCUT2D eigenvalue weighted by Gasteiger charge is 2.69. The lowest BCUT2D eigenvalue weighted by Gasteiger charge is -2.32. The van der Waals surface area contributed by atoms with Crippen molar-refractivity contribution in [1.29, 1.82) is 0 Å². The molecule has 1 saturated carbocycles. The van der Waals surface area contributed by atoms with Gasteiger partial charge >= 0.3 is 7.12 Å². The molecule has 0 aromatic heterocycles. The van der Waals surface area contributed by atoms with Gasteiger partial charge in [-0.3, -0.25) is 0 Å². The largest absolute Gasteiger partial charge is 0.484 e. The van der Waals surface area contributed by atoms with Crippen LogP contribution in [0.4, 0.5) is 5.69 Å². The number of ether oxygens (including phenoxy) is 1. The zero-order valence-electron chi connectivity index (χ0n) is 13.1. The van der Waals surface area contributed by atoms with Gasteiger partial charge in [-0.25, -0.2) is 0 Å². The lowest BCUT2D eigenvalue weighted by atomic mass is 9.79. The Balaban J connectivity index is 1.52. The molecule has 0 amide bonds. The average Bonchev–Trinajstić information content (AvgIpc) is 3.04. The fourth-order valence-electron chi connectivity index (χ4n) is 3.23. The van der Waals surface area contributed by atoms with Crippen LogP contribution in [0.3, 0.4) is 0 Å². The normalized spacial score (nSPS) is 35.0. The van der Waals surface area contributed by atoms with E-state index in [2.05, 4.69) is 33.0 Å². The van der Waals surface area contributed by atoms with E-state index in [-0.39, 0.29) is 23.9 Å². The van der Waals surface area contributed by atoms with Gasteiger partial charge in [-0.1, -0.05) is 12.1 Å². The number of para-hydroxylation sites is 2. The Hall–Kier alpha value is -1.20. The third kappa shape index (κ3) is 1.90. The lowest BCUT2D eigenvalue weighted by molar-refractivity contribution is 0.00578. The summed E-state index contributed by atoms with van der Waals surface area (Å²) < 4.78 is 18.6. The van der Waals surface area contributed by atoms with Crippen molar-refractivity contribution in [2.75, 3.05) is 11.9 Å². The number of hydrogen-bond donors (Lipinski definition) is 1. The van der Waals surface area contributed by atoms with Crippen molar-refractivity contribution in [3.05, 3.63) is 24.3 Å². The second-order valence-electron chi connectivity index (χ2n) is 7.45. The first-order chi connectivity index (χ1) is 9.83. The molecular weight excluding hydrogens is 265 g/mol. The first-order valence-electron chi connectivity index (χ1n) is 7.71. The first kappa shape index (κ1) is 13.5. The van der Waals surface area contributed by atoms with E-state index in [0.29, 0.717) is 5.82 Å². The summed E-state index contributed by atoms with van der Waals surface area (Å²) in [5.41, 5.74) is 0.348. The topological polar surface area (TPSA) is 39.7 Å². The Morgan fingerprint density at radius 3 is 2.48 bits per heavy atom. The van der Waals surface area contributed by atoms with Crippen molar-refractivity contribution >= 4 is 12.8 Å². The van der Waals surface area contributed by atoms with Crippen molar-refractivity contribution in [3.8, 4) is 5.75 Å². The first-order valence-corrected chi connectivity index (χ1v) is 7.71. The van der Waals surface area contributed by atoms with Crippen molar-refractivity contribution < 1.29 is 14.0 Å². The fraction of sp³-hybridized carbons (Fsp3) is 0.625. The second-order valence-corrected chi connectivity index (χ2v) is 7.45. The molecule has 0 bridgehead atoms. The molecule has 3 aliphatic rings. The smallest absolute Gasteiger partial charge is 0.465 e. The molecule has 1 spiro atoms. The van der Waals surface area contributed by atoms with Crippen LogP contribution < -0.4 is 10.1 Å². The Kier molecular flexibility index (Phi) is 2.54. The van der Waals surface area contributed by atoms with Crippen LogP contribution in [0.5, 0.6) is 5.75 Å². The monoisotopic (exact) mass is 287 g/mol. The summed E-state index contributed by atoms with van der Waals surface area (Å²) in [6, 6.07) is 8.09. The van der Waals surface area contributed by atoms with Crippen molar-refractivity contribution in [3.63, 3.8) is 0 Å². The predicted octanol–water partition coefficient (Wildman–Crippen LogP) is 3.10. The Labute approximate surface area is 126 Å². The summed E-state index contributed by atoms with van der Waals surface area (Å²) >= 11 is 0. The van der Waals surface area contributed by atoms with Crippen LogP contribution in [0.15, 0.2) is 24.3 Å². The molecule has 5 heteroatoms. The minimum absolute atomic E-state index is 0.171. The summed E-state index contributed by atoms with van der Waals surface area (Å²) in [5.74, 6) is 1.22. The molecular formula is C16H22BNO3. The molecule has 2 heterocycles. The number of anilines is 1. The zero-order chi connectivity index (χ0) is 14.9. The van der Waals surface area contributed by atoms with E-state index in [1.807, 2.05) is 24.3 Å². The van der Waals surface area contributed by atoms with Crippen molar-refractivity contribution in [2.45, 2.75) is 56.7 Å². The van der Waals surface area contributed by atoms with Crippen LogP contribution >= 0.6 is 0 Å². The number of hydrogen-bond acceptors (Lipinski definition) is 4. The number of fused-ring (bicyclic) bond motifs is 1. The molecule has 4 nitrogen and oxygen atoms in total. The molecule has 4 rings (SSSR count). The van der Waals surface area contributed by atoms with Crippen LogP contribution in [0, 0.1) is 0 Å². The van der Waals surface area contributed by atoms with Gasteiger partial charge in [0, 0.05) is 5.82 Å². The summed E-state index contributed by atoms with van der Waals surface area (Å²) in [4.78, 5) is 0. The summed E-state index contributed by atoms with van der Waals surface area (Å²) in [6.07, 6.45) is 0.977. The molecule has 1 saturated heterocycles. The van der Waals surface area contributed by atoms with Gasteiger partial charge in [0.2, 0.25) is 0 Å². The molecule has 112 valence electrons. The van der Waals surface area contributed by atoms with E-state index in [0.717, 1.165) is 24.4 Å². The van der Waals surface area contributed by atoms with Crippen LogP contribution in [0.1, 0.15) is 34.1 Å². The van der Waals surface area contributed by atoms with E-state index in [9.17, 15) is 0 Å². The minimum atomic E-state index is -0.276. The molecule has 1 aromatic carbocycles. The molecule has 2 atom stereocenters. The molecule has 21 heavy (non-hydrogen) atoms. The van der Waals surface area contributed by atoms with Gasteiger partial charge in [0.15, 0.2) is 0 Å². The lowest BCUT2D eigenvalue weighted by Crippen LogP contribution is -2.41. The van der Waals surface area contributed by atoms with E-state index in [1.54, 1.807) is 0 Å². The molecule has 2 unspecified atom stereocenters. The van der Waals surface area contributed by atoms with Gasteiger partial charge in [0.05, 0.1) is 23.4 Å². The molecule has 1 aliphatic carbocycles. The quantitative estimate of drug-likeness (QED) is 0.806. The second kappa shape index (κ2) is 3.96. The van der Waals surface area contributed by atoms with Gasteiger partial charge in [0.25, 0.3) is 0 Å². The molecule has 1 N–H and O–H groups in total. The van der Waals surface area contributed by atoms with E-state index in [1.165, 1.54) is 0 Å². The molecule has 0 radical (unpaired) electrons. The highest BCUT2D eigenvalue weighted by Crippen LogP contribution is 2.59. The summed E-state index contributed by atoms with van der Waals surface area (Å²) in [7, 11) is -0.179. The maximum atomic E-state index is 6.27. The van der Waals surface area contributed by atoms with Crippen LogP contribution in [0.25, 0.3) is 0 Å². The third-order valence-electron chi connectivity index (χ3n) is 5.46. The number of nitrogens with one attached hydrogen (secondary N) is 1. The molecule has 1 aromatic rings. The van der Waals surface area contributed by atoms with Gasteiger partial charge < -0.3 is 19.4 Å². The standard InChI is InChI=1S/C16H22BNO3/c1-14(2)15(3,4)21-17(20-14)13-9-16(13)10-18-11-7-5-6-8-12(11)19-16/h5-8,13,18H,9-10H2,1-4H3. The molecule has 2 aliphatic heterocycles. The zero-order valence-corrected chi connectivity index (χ0v) is 13.1. The number of rotatable bonds is 1. The van der Waals surface area contributed by atoms with Gasteiger partial charge in [-0.2, -0.15) is 0 Å². The van der Waals surface area contributed by atoms with Gasteiger partial charge in [-0.15, -0.1) is 0 Å². The Bertz CT molecular complexity index is 573. The van der Waals surface area contributed by atoms with Crippen molar-refractivity contribution in [2.24, 2.45) is 0 Å². The Morgan fingerprint density at radius 2 is 1.76 bits per heavy atom. The highest BCUT2D eigenvalue weighted by molar-refractivity contribution is 6.49. The van der Waals surface area contributed by atoms with Crippen LogP contribution in [-0.4, -0.2) is 30.5 Å². The number of benzene rings is 1.